The van der Waals surface area contributed by atoms with E-state index < -0.39 is 0 Å². The maximum Gasteiger partial charge on any atom is 0.0584 e. The molecule has 2 nitrogen and oxygen atoms in total. The zero-order valence-electron chi connectivity index (χ0n) is 7.91. The first-order valence-corrected chi connectivity index (χ1v) is 5.69. The predicted octanol–water partition coefficient (Wildman–Crippen LogP) is 1.89. The van der Waals surface area contributed by atoms with E-state index in [1.165, 1.54) is 10.0 Å². The molecule has 2 N–H and O–H groups in total. The van der Waals surface area contributed by atoms with Crippen LogP contribution in [-0.4, -0.2) is 24.3 Å². The first kappa shape index (κ1) is 10.1. The molecular formula is C11H14BrNO. The van der Waals surface area contributed by atoms with E-state index in [1.807, 2.05) is 6.07 Å². The number of hydrogen-bond acceptors (Lipinski definition) is 2. The lowest BCUT2D eigenvalue weighted by Gasteiger charge is -2.10. The van der Waals surface area contributed by atoms with Gasteiger partial charge in [0.15, 0.2) is 0 Å². The van der Waals surface area contributed by atoms with E-state index in [0.29, 0.717) is 5.92 Å². The van der Waals surface area contributed by atoms with Crippen LogP contribution in [0.2, 0.25) is 0 Å². The smallest absolute Gasteiger partial charge is 0.0584 e. The fraction of sp³-hybridized carbons (Fsp3) is 0.455. The van der Waals surface area contributed by atoms with E-state index in [2.05, 4.69) is 39.4 Å². The summed E-state index contributed by atoms with van der Waals surface area (Å²) in [5.74, 6) is 0.530. The van der Waals surface area contributed by atoms with Crippen molar-refractivity contribution in [2.75, 3.05) is 13.2 Å². The first-order chi connectivity index (χ1) is 6.81. The van der Waals surface area contributed by atoms with Crippen LogP contribution in [0, 0.1) is 0 Å². The Balaban J connectivity index is 2.13. The van der Waals surface area contributed by atoms with Crippen LogP contribution in [0.1, 0.15) is 17.9 Å². The average molecular weight is 256 g/mol. The quantitative estimate of drug-likeness (QED) is 0.846. The summed E-state index contributed by atoms with van der Waals surface area (Å²) in [6.07, 6.45) is 1.03. The average Bonchev–Trinajstić information content (AvgIpc) is 2.67. The van der Waals surface area contributed by atoms with Gasteiger partial charge in [0.1, 0.15) is 0 Å². The maximum absolute atomic E-state index is 9.03. The Hall–Kier alpha value is -0.380. The lowest BCUT2D eigenvalue weighted by molar-refractivity contribution is 0.254. The van der Waals surface area contributed by atoms with Gasteiger partial charge in [-0.1, -0.05) is 34.1 Å². The molecule has 1 aliphatic heterocycles. The van der Waals surface area contributed by atoms with Crippen molar-refractivity contribution in [1.29, 1.82) is 0 Å². The number of benzene rings is 1. The van der Waals surface area contributed by atoms with Gasteiger partial charge < -0.3 is 10.4 Å². The summed E-state index contributed by atoms with van der Waals surface area (Å²) in [5, 5.41) is 12.3. The fourth-order valence-corrected chi connectivity index (χ4v) is 2.61. The molecule has 76 valence electrons. The molecule has 0 aromatic heterocycles. The standard InChI is InChI=1S/C11H14BrNO/c12-11-4-2-1-3-10(11)8-5-9(7-14)13-6-8/h1-4,8-9,13-14H,5-7H2. The topological polar surface area (TPSA) is 32.3 Å². The molecule has 0 aliphatic carbocycles. The van der Waals surface area contributed by atoms with Gasteiger partial charge in [-0.3, -0.25) is 0 Å². The number of halogens is 1. The second-order valence-corrected chi connectivity index (χ2v) is 4.60. The Morgan fingerprint density at radius 2 is 2.21 bits per heavy atom. The van der Waals surface area contributed by atoms with Gasteiger partial charge in [-0.05, 0) is 24.0 Å². The molecule has 3 heteroatoms. The minimum Gasteiger partial charge on any atom is -0.395 e. The second-order valence-electron chi connectivity index (χ2n) is 3.74. The van der Waals surface area contributed by atoms with Gasteiger partial charge in [0.05, 0.1) is 6.61 Å². The van der Waals surface area contributed by atoms with Crippen LogP contribution in [0.15, 0.2) is 28.7 Å². The van der Waals surface area contributed by atoms with E-state index >= 15 is 0 Å². The van der Waals surface area contributed by atoms with Crippen LogP contribution in [-0.2, 0) is 0 Å². The summed E-state index contributed by atoms with van der Waals surface area (Å²) in [7, 11) is 0. The Labute approximate surface area is 92.5 Å². The van der Waals surface area contributed by atoms with E-state index in [-0.39, 0.29) is 12.6 Å². The third kappa shape index (κ3) is 2.00. The van der Waals surface area contributed by atoms with Crippen molar-refractivity contribution < 1.29 is 5.11 Å². The molecule has 2 rings (SSSR count). The van der Waals surface area contributed by atoms with Crippen LogP contribution in [0.3, 0.4) is 0 Å². The molecule has 0 spiro atoms. The Bertz CT molecular complexity index is 316. The van der Waals surface area contributed by atoms with Crippen molar-refractivity contribution in [2.45, 2.75) is 18.4 Å². The normalized spacial score (nSPS) is 26.7. The molecule has 1 heterocycles. The van der Waals surface area contributed by atoms with Gasteiger partial charge in [-0.25, -0.2) is 0 Å². The van der Waals surface area contributed by atoms with E-state index in [1.54, 1.807) is 0 Å². The summed E-state index contributed by atoms with van der Waals surface area (Å²) in [6.45, 7) is 1.20. The summed E-state index contributed by atoms with van der Waals surface area (Å²) in [5.41, 5.74) is 1.34. The van der Waals surface area contributed by atoms with Gasteiger partial charge in [0, 0.05) is 17.1 Å². The van der Waals surface area contributed by atoms with Crippen molar-refractivity contribution in [1.82, 2.24) is 5.32 Å². The van der Waals surface area contributed by atoms with Gasteiger partial charge >= 0.3 is 0 Å². The minimum absolute atomic E-state index is 0.237. The highest BCUT2D eigenvalue weighted by Crippen LogP contribution is 2.30. The highest BCUT2D eigenvalue weighted by Gasteiger charge is 2.25. The predicted molar refractivity (Wildman–Crippen MR) is 60.4 cm³/mol. The molecule has 0 saturated carbocycles. The Kier molecular flexibility index (Phi) is 3.21. The summed E-state index contributed by atoms with van der Waals surface area (Å²) in [4.78, 5) is 0. The largest absolute Gasteiger partial charge is 0.395 e. The summed E-state index contributed by atoms with van der Waals surface area (Å²) >= 11 is 3.56. The van der Waals surface area contributed by atoms with Crippen LogP contribution in [0.5, 0.6) is 0 Å². The first-order valence-electron chi connectivity index (χ1n) is 4.90. The molecule has 1 aliphatic rings. The van der Waals surface area contributed by atoms with Crippen molar-refractivity contribution in [3.05, 3.63) is 34.3 Å². The minimum atomic E-state index is 0.237. The lowest BCUT2D eigenvalue weighted by Crippen LogP contribution is -2.24. The molecule has 0 amide bonds. The third-order valence-electron chi connectivity index (χ3n) is 2.79. The van der Waals surface area contributed by atoms with E-state index in [9.17, 15) is 0 Å². The Morgan fingerprint density at radius 1 is 1.43 bits per heavy atom. The molecule has 1 saturated heterocycles. The van der Waals surface area contributed by atoms with Crippen molar-refractivity contribution in [3.63, 3.8) is 0 Å². The van der Waals surface area contributed by atoms with E-state index in [0.717, 1.165) is 13.0 Å². The lowest BCUT2D eigenvalue weighted by atomic mass is 9.97. The van der Waals surface area contributed by atoms with Gasteiger partial charge in [0.2, 0.25) is 0 Å². The number of hydrogen-bond donors (Lipinski definition) is 2. The number of aliphatic hydroxyl groups excluding tert-OH is 1. The number of rotatable bonds is 2. The van der Waals surface area contributed by atoms with Gasteiger partial charge in [-0.2, -0.15) is 0 Å². The molecule has 14 heavy (non-hydrogen) atoms. The monoisotopic (exact) mass is 255 g/mol. The van der Waals surface area contributed by atoms with Crippen molar-refractivity contribution in [3.8, 4) is 0 Å². The third-order valence-corrected chi connectivity index (χ3v) is 3.51. The second kappa shape index (κ2) is 4.43. The van der Waals surface area contributed by atoms with Crippen LogP contribution in [0.25, 0.3) is 0 Å². The van der Waals surface area contributed by atoms with Crippen LogP contribution >= 0.6 is 15.9 Å². The van der Waals surface area contributed by atoms with Crippen molar-refractivity contribution in [2.24, 2.45) is 0 Å². The number of nitrogens with one attached hydrogen (secondary N) is 1. The molecule has 2 atom stereocenters. The molecule has 1 aromatic carbocycles. The summed E-state index contributed by atoms with van der Waals surface area (Å²) in [6, 6.07) is 8.58. The highest BCUT2D eigenvalue weighted by atomic mass is 79.9. The Morgan fingerprint density at radius 3 is 2.86 bits per heavy atom. The van der Waals surface area contributed by atoms with Crippen LogP contribution < -0.4 is 5.32 Å². The SMILES string of the molecule is OCC1CC(c2ccccc2Br)CN1. The van der Waals surface area contributed by atoms with Gasteiger partial charge in [0.25, 0.3) is 0 Å². The molecule has 1 aromatic rings. The maximum atomic E-state index is 9.03. The van der Waals surface area contributed by atoms with Crippen molar-refractivity contribution >= 4 is 15.9 Å². The number of aliphatic hydroxyl groups is 1. The zero-order chi connectivity index (χ0) is 9.97. The molecular weight excluding hydrogens is 242 g/mol. The summed E-state index contributed by atoms with van der Waals surface area (Å²) < 4.78 is 1.17. The molecule has 0 radical (unpaired) electrons. The molecule has 2 unspecified atom stereocenters. The van der Waals surface area contributed by atoms with Crippen LogP contribution in [0.4, 0.5) is 0 Å². The molecule has 1 fully saturated rings. The zero-order valence-corrected chi connectivity index (χ0v) is 9.50. The fourth-order valence-electron chi connectivity index (χ4n) is 2.00. The molecule has 0 bridgehead atoms. The van der Waals surface area contributed by atoms with E-state index in [4.69, 9.17) is 5.11 Å². The van der Waals surface area contributed by atoms with Gasteiger partial charge in [-0.15, -0.1) is 0 Å². The highest BCUT2D eigenvalue weighted by molar-refractivity contribution is 9.10.